The van der Waals surface area contributed by atoms with E-state index in [0.29, 0.717) is 36.2 Å². The van der Waals surface area contributed by atoms with Crippen LogP contribution in [0.25, 0.3) is 0 Å². The average molecular weight is 412 g/mol. The number of piperidine rings is 3. The molecule has 0 radical (unpaired) electrons. The minimum absolute atomic E-state index is 0.219. The number of primary amides is 1. The molecule has 162 valence electrons. The second-order valence-electron chi connectivity index (χ2n) is 9.86. The summed E-state index contributed by atoms with van der Waals surface area (Å²) in [5, 5.41) is 0. The van der Waals surface area contributed by atoms with Crippen molar-refractivity contribution in [2.75, 3.05) is 18.0 Å². The van der Waals surface area contributed by atoms with Crippen LogP contribution in [-0.4, -0.2) is 51.9 Å². The summed E-state index contributed by atoms with van der Waals surface area (Å²) in [6.45, 7) is 1.75. The van der Waals surface area contributed by atoms with Gasteiger partial charge < -0.3 is 15.5 Å². The number of aromatic nitrogens is 2. The van der Waals surface area contributed by atoms with Crippen LogP contribution in [0.1, 0.15) is 74.7 Å². The Labute approximate surface area is 178 Å². The highest BCUT2D eigenvalue weighted by atomic mass is 16.2. The summed E-state index contributed by atoms with van der Waals surface area (Å²) < 4.78 is 0. The third-order valence-electron chi connectivity index (χ3n) is 7.99. The lowest BCUT2D eigenvalue weighted by atomic mass is 9.69. The van der Waals surface area contributed by atoms with Crippen molar-refractivity contribution in [2.24, 2.45) is 23.5 Å². The molecule has 3 aliphatic heterocycles. The van der Waals surface area contributed by atoms with Crippen LogP contribution in [0.3, 0.4) is 0 Å². The molecule has 2 N–H and O–H groups in total. The van der Waals surface area contributed by atoms with Gasteiger partial charge in [-0.05, 0) is 43.4 Å². The first-order chi connectivity index (χ1) is 14.6. The summed E-state index contributed by atoms with van der Waals surface area (Å²) in [6, 6.07) is 0.698. The zero-order valence-electron chi connectivity index (χ0n) is 17.7. The summed E-state index contributed by atoms with van der Waals surface area (Å²) >= 11 is 0. The van der Waals surface area contributed by atoms with Crippen LogP contribution >= 0.6 is 0 Å². The van der Waals surface area contributed by atoms with Gasteiger partial charge in [-0.1, -0.05) is 32.1 Å². The van der Waals surface area contributed by atoms with E-state index in [9.17, 15) is 9.59 Å². The molecule has 4 heterocycles. The van der Waals surface area contributed by atoms with Gasteiger partial charge in [0.1, 0.15) is 11.5 Å². The Hall–Kier alpha value is -2.18. The maximum atomic E-state index is 13.0. The van der Waals surface area contributed by atoms with Crippen molar-refractivity contribution in [3.8, 4) is 0 Å². The minimum Gasteiger partial charge on any atom is -0.364 e. The van der Waals surface area contributed by atoms with Crippen LogP contribution in [0.5, 0.6) is 0 Å². The first-order valence-corrected chi connectivity index (χ1v) is 11.8. The quantitative estimate of drug-likeness (QED) is 0.822. The van der Waals surface area contributed by atoms with Crippen molar-refractivity contribution in [1.82, 2.24) is 14.9 Å². The normalized spacial score (nSPS) is 32.1. The monoisotopic (exact) mass is 411 g/mol. The first kappa shape index (κ1) is 19.8. The van der Waals surface area contributed by atoms with Crippen molar-refractivity contribution < 1.29 is 9.59 Å². The Morgan fingerprint density at radius 1 is 1.07 bits per heavy atom. The lowest BCUT2D eigenvalue weighted by Crippen LogP contribution is -2.65. The van der Waals surface area contributed by atoms with Gasteiger partial charge in [0.25, 0.3) is 5.91 Å². The molecular weight excluding hydrogens is 378 g/mol. The van der Waals surface area contributed by atoms with Crippen molar-refractivity contribution in [3.05, 3.63) is 18.1 Å². The predicted octanol–water partition coefficient (Wildman–Crippen LogP) is 2.75. The maximum absolute atomic E-state index is 13.0. The number of rotatable bonds is 4. The van der Waals surface area contributed by atoms with Crippen LogP contribution in [0.2, 0.25) is 0 Å². The third-order valence-corrected chi connectivity index (χ3v) is 7.99. The number of anilines is 1. The van der Waals surface area contributed by atoms with Crippen molar-refractivity contribution in [2.45, 2.75) is 76.3 Å². The molecule has 2 amide bonds. The van der Waals surface area contributed by atoms with Gasteiger partial charge in [-0.2, -0.15) is 0 Å². The van der Waals surface area contributed by atoms with Crippen LogP contribution in [-0.2, 0) is 4.79 Å². The molecule has 1 aromatic heterocycles. The van der Waals surface area contributed by atoms with Crippen LogP contribution in [0.4, 0.5) is 5.82 Å². The summed E-state index contributed by atoms with van der Waals surface area (Å²) in [6.07, 6.45) is 15.0. The summed E-state index contributed by atoms with van der Waals surface area (Å²) in [5.41, 5.74) is 5.65. The molecule has 30 heavy (non-hydrogen) atoms. The third kappa shape index (κ3) is 3.67. The molecule has 1 aromatic rings. The van der Waals surface area contributed by atoms with Gasteiger partial charge in [0.05, 0.1) is 12.4 Å². The number of carbonyl (C=O) groups is 2. The van der Waals surface area contributed by atoms with E-state index in [-0.39, 0.29) is 5.69 Å². The zero-order valence-corrected chi connectivity index (χ0v) is 17.7. The van der Waals surface area contributed by atoms with Gasteiger partial charge in [0.2, 0.25) is 5.91 Å². The largest absolute Gasteiger partial charge is 0.364 e. The molecule has 0 unspecified atom stereocenters. The molecule has 3 saturated heterocycles. The summed E-state index contributed by atoms with van der Waals surface area (Å²) in [7, 11) is 0. The number of hydrogen-bond acceptors (Lipinski definition) is 5. The molecule has 2 bridgehead atoms. The van der Waals surface area contributed by atoms with Crippen molar-refractivity contribution in [1.29, 1.82) is 0 Å². The van der Waals surface area contributed by atoms with E-state index in [1.165, 1.54) is 44.7 Å². The fraction of sp³-hybridized carbons (Fsp3) is 0.739. The summed E-state index contributed by atoms with van der Waals surface area (Å²) in [4.78, 5) is 37.9. The van der Waals surface area contributed by atoms with E-state index in [2.05, 4.69) is 19.8 Å². The predicted molar refractivity (Wildman–Crippen MR) is 114 cm³/mol. The Bertz CT molecular complexity index is 809. The van der Waals surface area contributed by atoms with Gasteiger partial charge in [-0.25, -0.2) is 4.98 Å². The number of fused-ring (bicyclic) bond motifs is 4. The van der Waals surface area contributed by atoms with Gasteiger partial charge in [0.15, 0.2) is 0 Å². The van der Waals surface area contributed by atoms with Gasteiger partial charge in [0, 0.05) is 31.6 Å². The fourth-order valence-electron chi connectivity index (χ4n) is 6.66. The van der Waals surface area contributed by atoms with Gasteiger partial charge in [-0.15, -0.1) is 0 Å². The number of nitrogens with two attached hydrogens (primary N) is 1. The second kappa shape index (κ2) is 8.16. The fourth-order valence-corrected chi connectivity index (χ4v) is 6.66. The van der Waals surface area contributed by atoms with Crippen molar-refractivity contribution >= 4 is 17.6 Å². The topological polar surface area (TPSA) is 92.4 Å². The maximum Gasteiger partial charge on any atom is 0.268 e. The van der Waals surface area contributed by atoms with Gasteiger partial charge >= 0.3 is 0 Å². The lowest BCUT2D eigenvalue weighted by Gasteiger charge is -2.57. The van der Waals surface area contributed by atoms with E-state index in [1.54, 1.807) is 6.20 Å². The van der Waals surface area contributed by atoms with E-state index >= 15 is 0 Å². The zero-order chi connectivity index (χ0) is 20.7. The van der Waals surface area contributed by atoms with Crippen LogP contribution in [0, 0.1) is 17.8 Å². The molecule has 1 saturated carbocycles. The molecular formula is C23H33N5O2. The minimum atomic E-state index is -0.541. The van der Waals surface area contributed by atoms with Crippen molar-refractivity contribution in [3.63, 3.8) is 0 Å². The SMILES string of the molecule is NC(=O)c1cncc(N2C[C@H]3C[C@@H](C2)[C@H](CC2CCCCC2)N2C(=O)CCC[C@@H]32)n1. The summed E-state index contributed by atoms with van der Waals surface area (Å²) in [5.74, 6) is 2.26. The highest BCUT2D eigenvalue weighted by molar-refractivity contribution is 5.90. The Balaban J connectivity index is 1.42. The highest BCUT2D eigenvalue weighted by Gasteiger charge is 2.49. The number of amides is 2. The molecule has 7 heteroatoms. The van der Waals surface area contributed by atoms with E-state index < -0.39 is 5.91 Å². The lowest BCUT2D eigenvalue weighted by molar-refractivity contribution is -0.149. The van der Waals surface area contributed by atoms with Gasteiger partial charge in [-0.3, -0.25) is 14.6 Å². The molecule has 4 fully saturated rings. The molecule has 4 aliphatic rings. The number of hydrogen-bond donors (Lipinski definition) is 1. The molecule has 0 aromatic carbocycles. The average Bonchev–Trinajstić information content (AvgIpc) is 2.77. The standard InChI is InChI=1S/C23H33N5O2/c24-23(30)18-11-25-12-21(26-18)27-13-16-10-17(14-27)20(9-15-5-2-1-3-6-15)28-19(16)7-4-8-22(28)29/h11-12,15-17,19-20H,1-10,13-14H2,(H2,24,30)/t16-,17+,19+,20+/m1/s1. The second-order valence-corrected chi connectivity index (χ2v) is 9.86. The van der Waals surface area contributed by atoms with Crippen LogP contribution in [0.15, 0.2) is 12.4 Å². The molecule has 0 spiro atoms. The number of nitrogens with zero attached hydrogens (tertiary/aromatic N) is 4. The molecule has 4 atom stereocenters. The molecule has 1 aliphatic carbocycles. The van der Waals surface area contributed by atoms with E-state index in [0.717, 1.165) is 44.1 Å². The Morgan fingerprint density at radius 2 is 1.87 bits per heavy atom. The van der Waals surface area contributed by atoms with E-state index in [1.807, 2.05) is 0 Å². The number of carbonyl (C=O) groups excluding carboxylic acids is 2. The highest BCUT2D eigenvalue weighted by Crippen LogP contribution is 2.45. The first-order valence-electron chi connectivity index (χ1n) is 11.8. The molecule has 5 rings (SSSR count). The van der Waals surface area contributed by atoms with E-state index in [4.69, 9.17) is 5.73 Å². The smallest absolute Gasteiger partial charge is 0.268 e. The Morgan fingerprint density at radius 3 is 2.67 bits per heavy atom. The molecule has 7 nitrogen and oxygen atoms in total. The van der Waals surface area contributed by atoms with Crippen LogP contribution < -0.4 is 10.6 Å². The Kier molecular flexibility index (Phi) is 5.37.